The standard InChI is InChI=1S/C78H50B2N4OS2/c1-7-25-52(26-8-1)81(53-27-9-2-10-28-53)58-46-68-75-72(48-58)86-77-64(79(75)62-38-20-22-40-66(62)83(68)56-33-15-5-16-34-56)50-65-78(74(77)51-43-44-71-61(45-51)60-37-19-24-42-70(60)85-71)87-73-49-59(82(54-29-11-3-12-30-54)55-31-13-4-14-32-55)47-69-76(73)80(65)63-39-21-23-41-67(63)84(69)57-35-17-6-18-36-57/h1-50H. The van der Waals surface area contributed by atoms with Crippen molar-refractivity contribution in [1.82, 2.24) is 0 Å². The van der Waals surface area contributed by atoms with E-state index in [1.807, 2.05) is 23.5 Å². The average molecular weight is 1150 g/mol. The van der Waals surface area contributed by atoms with Crippen molar-refractivity contribution in [3.8, 4) is 11.1 Å². The maximum Gasteiger partial charge on any atom is 0.249 e. The van der Waals surface area contributed by atoms with Crippen LogP contribution >= 0.6 is 23.5 Å². The third-order valence-corrected chi connectivity index (χ3v) is 20.3. The summed E-state index contributed by atoms with van der Waals surface area (Å²) in [4.78, 5) is 14.9. The van der Waals surface area contributed by atoms with E-state index in [-0.39, 0.29) is 13.4 Å². The van der Waals surface area contributed by atoms with Crippen LogP contribution in [0.25, 0.3) is 33.1 Å². The molecule has 0 amide bonds. The van der Waals surface area contributed by atoms with Crippen LogP contribution in [-0.2, 0) is 0 Å². The zero-order valence-electron chi connectivity index (χ0n) is 47.0. The van der Waals surface area contributed by atoms with Gasteiger partial charge < -0.3 is 24.0 Å². The summed E-state index contributed by atoms with van der Waals surface area (Å²) >= 11 is 3.87. The third-order valence-electron chi connectivity index (χ3n) is 17.9. The smallest absolute Gasteiger partial charge is 0.249 e. The van der Waals surface area contributed by atoms with Gasteiger partial charge in [0.15, 0.2) is 0 Å². The number of furan rings is 1. The van der Waals surface area contributed by atoms with Crippen molar-refractivity contribution in [1.29, 1.82) is 0 Å². The molecule has 0 radical (unpaired) electrons. The lowest BCUT2D eigenvalue weighted by Gasteiger charge is -2.44. The third kappa shape index (κ3) is 7.93. The number of hydrogen-bond donors (Lipinski definition) is 0. The lowest BCUT2D eigenvalue weighted by molar-refractivity contribution is 0.669. The Balaban J connectivity index is 0.951. The number of benzene rings is 13. The molecule has 0 bridgehead atoms. The molecule has 4 aliphatic rings. The van der Waals surface area contributed by atoms with Crippen LogP contribution in [0.2, 0.25) is 0 Å². The predicted octanol–water partition coefficient (Wildman–Crippen LogP) is 17.7. The van der Waals surface area contributed by atoms with Gasteiger partial charge in [-0.3, -0.25) is 0 Å². The van der Waals surface area contributed by atoms with Crippen LogP contribution in [0.15, 0.2) is 327 Å². The Labute approximate surface area is 514 Å². The van der Waals surface area contributed by atoms with E-state index >= 15 is 0 Å². The second kappa shape index (κ2) is 20.2. The van der Waals surface area contributed by atoms with E-state index in [2.05, 4.69) is 323 Å². The molecule has 0 saturated carbocycles. The molecule has 13 aromatic carbocycles. The first-order valence-corrected chi connectivity index (χ1v) is 31.3. The molecule has 406 valence electrons. The molecule has 0 unspecified atom stereocenters. The van der Waals surface area contributed by atoms with Crippen LogP contribution < -0.4 is 52.4 Å². The summed E-state index contributed by atoms with van der Waals surface area (Å²) in [5, 5.41) is 2.22. The van der Waals surface area contributed by atoms with Gasteiger partial charge in [-0.1, -0.05) is 210 Å². The SMILES string of the molecule is c1ccc(N(c2ccccc2)c2cc3c4c(c2)N(c2ccccc2)c2ccccc2B4c2cc4c(c(-c5ccc6oc7ccccc7c6c5)c2S3)Sc2cc(N(c3ccccc3)c3ccccc3)cc3c2B4c2ccccc2N3c2ccccc2)cc1. The van der Waals surface area contributed by atoms with Gasteiger partial charge in [-0.25, -0.2) is 0 Å². The van der Waals surface area contributed by atoms with Gasteiger partial charge in [-0.2, -0.15) is 0 Å². The fraction of sp³-hybridized carbons (Fsp3) is 0. The van der Waals surface area contributed by atoms with Gasteiger partial charge in [0.2, 0.25) is 13.4 Å². The molecule has 0 saturated heterocycles. The van der Waals surface area contributed by atoms with E-state index in [4.69, 9.17) is 4.42 Å². The Hall–Kier alpha value is -10.3. The average Bonchev–Trinajstić information content (AvgIpc) is 1.04. The Morgan fingerprint density at radius 3 is 1.15 bits per heavy atom. The first-order chi connectivity index (χ1) is 43.2. The van der Waals surface area contributed by atoms with Gasteiger partial charge in [0.1, 0.15) is 11.2 Å². The predicted molar refractivity (Wildman–Crippen MR) is 368 cm³/mol. The van der Waals surface area contributed by atoms with Crippen molar-refractivity contribution in [3.63, 3.8) is 0 Å². The molecule has 14 aromatic rings. The van der Waals surface area contributed by atoms with E-state index in [0.717, 1.165) is 73.0 Å². The summed E-state index contributed by atoms with van der Waals surface area (Å²) < 4.78 is 6.63. The Kier molecular flexibility index (Phi) is 11.6. The number of rotatable bonds is 9. The minimum atomic E-state index is -0.112. The van der Waals surface area contributed by atoms with Crippen molar-refractivity contribution in [3.05, 3.63) is 303 Å². The Morgan fingerprint density at radius 1 is 0.299 bits per heavy atom. The molecule has 87 heavy (non-hydrogen) atoms. The fourth-order valence-corrected chi connectivity index (χ4v) is 17.0. The van der Waals surface area contributed by atoms with E-state index in [9.17, 15) is 0 Å². The van der Waals surface area contributed by atoms with Gasteiger partial charge in [0, 0.05) is 104 Å². The molecule has 0 aliphatic carbocycles. The number of anilines is 12. The molecule has 0 spiro atoms. The van der Waals surface area contributed by atoms with E-state index < -0.39 is 0 Å². The minimum absolute atomic E-state index is 0.112. The van der Waals surface area contributed by atoms with E-state index in [1.165, 1.54) is 80.7 Å². The monoisotopic (exact) mass is 1140 g/mol. The van der Waals surface area contributed by atoms with Gasteiger partial charge in [-0.05, 0) is 155 Å². The molecule has 0 atom stereocenters. The van der Waals surface area contributed by atoms with E-state index in [0.29, 0.717) is 0 Å². The van der Waals surface area contributed by atoms with Crippen LogP contribution in [0.3, 0.4) is 0 Å². The van der Waals surface area contributed by atoms with Crippen molar-refractivity contribution >= 4 is 160 Å². The van der Waals surface area contributed by atoms with Crippen molar-refractivity contribution in [2.75, 3.05) is 19.6 Å². The molecular formula is C78H50B2N4OS2. The number of para-hydroxylation sites is 9. The van der Waals surface area contributed by atoms with E-state index in [1.54, 1.807) is 0 Å². The first kappa shape index (κ1) is 50.1. The highest BCUT2D eigenvalue weighted by atomic mass is 32.2. The fourth-order valence-electron chi connectivity index (χ4n) is 14.3. The Bertz CT molecular complexity index is 4700. The summed E-state index contributed by atoms with van der Waals surface area (Å²) in [6.45, 7) is -0.224. The van der Waals surface area contributed by atoms with Gasteiger partial charge in [-0.15, -0.1) is 0 Å². The highest BCUT2D eigenvalue weighted by Gasteiger charge is 2.47. The van der Waals surface area contributed by atoms with Crippen molar-refractivity contribution in [2.24, 2.45) is 0 Å². The maximum atomic E-state index is 6.63. The second-order valence-corrected chi connectivity index (χ2v) is 24.8. The van der Waals surface area contributed by atoms with Gasteiger partial charge in [0.05, 0.1) is 0 Å². The zero-order chi connectivity index (χ0) is 57.1. The molecule has 0 N–H and O–H groups in total. The van der Waals surface area contributed by atoms with Gasteiger partial charge in [0.25, 0.3) is 0 Å². The molecule has 0 fully saturated rings. The Morgan fingerprint density at radius 2 is 0.690 bits per heavy atom. The summed E-state index contributed by atoms with van der Waals surface area (Å²) in [6, 6.07) is 112. The second-order valence-electron chi connectivity index (χ2n) is 22.7. The summed E-state index contributed by atoms with van der Waals surface area (Å²) in [6.07, 6.45) is 0. The molecule has 1 aromatic heterocycles. The lowest BCUT2D eigenvalue weighted by atomic mass is 9.31. The number of nitrogens with zero attached hydrogens (tertiary/aromatic N) is 4. The summed E-state index contributed by atoms with van der Waals surface area (Å²) in [5.74, 6) is 0. The zero-order valence-corrected chi connectivity index (χ0v) is 48.7. The number of hydrogen-bond acceptors (Lipinski definition) is 7. The maximum absolute atomic E-state index is 6.63. The topological polar surface area (TPSA) is 26.1 Å². The normalized spacial score (nSPS) is 13.1. The quantitative estimate of drug-likeness (QED) is 0.133. The lowest BCUT2D eigenvalue weighted by Crippen LogP contribution is -2.64. The van der Waals surface area contributed by atoms with Crippen LogP contribution in [-0.4, -0.2) is 13.4 Å². The van der Waals surface area contributed by atoms with Crippen LogP contribution in [0, 0.1) is 0 Å². The molecule has 18 rings (SSSR count). The highest BCUT2D eigenvalue weighted by molar-refractivity contribution is 8.01. The van der Waals surface area contributed by atoms with Crippen molar-refractivity contribution < 1.29 is 4.42 Å². The molecule has 4 aliphatic heterocycles. The minimum Gasteiger partial charge on any atom is -0.456 e. The van der Waals surface area contributed by atoms with Gasteiger partial charge >= 0.3 is 0 Å². The molecule has 5 heterocycles. The van der Waals surface area contributed by atoms with Crippen LogP contribution in [0.4, 0.5) is 68.2 Å². The number of fused-ring (bicyclic) bond motifs is 11. The van der Waals surface area contributed by atoms with Crippen LogP contribution in [0.1, 0.15) is 0 Å². The largest absolute Gasteiger partial charge is 0.456 e. The first-order valence-electron chi connectivity index (χ1n) is 29.7. The summed E-state index contributed by atoms with van der Waals surface area (Å²) in [7, 11) is 0. The summed E-state index contributed by atoms with van der Waals surface area (Å²) in [5.41, 5.74) is 25.5. The molecule has 5 nitrogen and oxygen atoms in total. The van der Waals surface area contributed by atoms with Crippen molar-refractivity contribution in [2.45, 2.75) is 19.6 Å². The molecular weight excluding hydrogens is 1090 g/mol. The van der Waals surface area contributed by atoms with Crippen LogP contribution in [0.5, 0.6) is 0 Å². The highest BCUT2D eigenvalue weighted by Crippen LogP contribution is 2.53. The molecule has 9 heteroatoms.